The number of anilines is 1. The average molecular weight is 363 g/mol. The summed E-state index contributed by atoms with van der Waals surface area (Å²) >= 11 is 3.64. The van der Waals surface area contributed by atoms with Gasteiger partial charge in [-0.2, -0.15) is 0 Å². The van der Waals surface area contributed by atoms with Gasteiger partial charge in [-0.05, 0) is 29.0 Å². The summed E-state index contributed by atoms with van der Waals surface area (Å²) in [5, 5.41) is 9.25. The molecule has 1 aliphatic rings. The maximum absolute atomic E-state index is 4.50. The Balaban J connectivity index is 1.54. The molecular weight excluding hydrogens is 336 g/mol. The van der Waals surface area contributed by atoms with Gasteiger partial charge in [-0.1, -0.05) is 19.9 Å². The van der Waals surface area contributed by atoms with E-state index in [0.29, 0.717) is 0 Å². The molecule has 0 bridgehead atoms. The Bertz CT molecular complexity index is 639. The molecule has 0 aliphatic carbocycles. The van der Waals surface area contributed by atoms with E-state index in [1.807, 2.05) is 29.7 Å². The molecule has 1 fully saturated rings. The minimum absolute atomic E-state index is 0.114. The fourth-order valence-corrected chi connectivity index (χ4v) is 4.61. The zero-order valence-corrected chi connectivity index (χ0v) is 16.3. The highest BCUT2D eigenvalue weighted by atomic mass is 32.1. The Morgan fingerprint density at radius 2 is 1.83 bits per heavy atom. The van der Waals surface area contributed by atoms with Crippen molar-refractivity contribution in [2.75, 3.05) is 44.7 Å². The van der Waals surface area contributed by atoms with Crippen molar-refractivity contribution >= 4 is 33.6 Å². The molecule has 24 heavy (non-hydrogen) atoms. The van der Waals surface area contributed by atoms with Crippen molar-refractivity contribution in [3.63, 3.8) is 0 Å². The van der Waals surface area contributed by atoms with Crippen molar-refractivity contribution in [2.45, 2.75) is 19.3 Å². The van der Waals surface area contributed by atoms with Crippen molar-refractivity contribution in [3.8, 4) is 0 Å². The third-order valence-corrected chi connectivity index (χ3v) is 6.65. The van der Waals surface area contributed by atoms with Gasteiger partial charge in [-0.15, -0.1) is 22.7 Å². The molecule has 2 aromatic rings. The van der Waals surface area contributed by atoms with Gasteiger partial charge in [-0.3, -0.25) is 4.99 Å². The van der Waals surface area contributed by atoms with E-state index in [-0.39, 0.29) is 5.41 Å². The van der Waals surface area contributed by atoms with E-state index < -0.39 is 0 Å². The molecule has 0 unspecified atom stereocenters. The third kappa shape index (κ3) is 3.92. The van der Waals surface area contributed by atoms with Crippen LogP contribution in [0.3, 0.4) is 0 Å². The van der Waals surface area contributed by atoms with Crippen LogP contribution in [0, 0.1) is 0 Å². The first-order chi connectivity index (χ1) is 11.6. The zero-order chi connectivity index (χ0) is 17.0. The number of nitrogens with zero attached hydrogens (tertiary/aromatic N) is 3. The summed E-state index contributed by atoms with van der Waals surface area (Å²) in [6, 6.07) is 8.67. The van der Waals surface area contributed by atoms with Crippen LogP contribution in [-0.4, -0.2) is 50.6 Å². The number of piperazine rings is 1. The molecule has 130 valence electrons. The highest BCUT2D eigenvalue weighted by Crippen LogP contribution is 2.27. The molecule has 0 atom stereocenters. The molecular formula is C18H26N4S2. The van der Waals surface area contributed by atoms with Gasteiger partial charge in [0.25, 0.3) is 0 Å². The van der Waals surface area contributed by atoms with Gasteiger partial charge in [0, 0.05) is 50.1 Å². The summed E-state index contributed by atoms with van der Waals surface area (Å²) in [4.78, 5) is 10.7. The minimum atomic E-state index is 0.114. The molecule has 6 heteroatoms. The van der Waals surface area contributed by atoms with Crippen LogP contribution in [0.15, 0.2) is 40.0 Å². The molecule has 2 aromatic heterocycles. The van der Waals surface area contributed by atoms with Gasteiger partial charge < -0.3 is 15.1 Å². The zero-order valence-electron chi connectivity index (χ0n) is 14.7. The van der Waals surface area contributed by atoms with Gasteiger partial charge in [0.2, 0.25) is 0 Å². The lowest BCUT2D eigenvalue weighted by Crippen LogP contribution is -2.53. The smallest absolute Gasteiger partial charge is 0.193 e. The molecule has 3 rings (SSSR count). The van der Waals surface area contributed by atoms with Crippen LogP contribution in [-0.2, 0) is 5.41 Å². The summed E-state index contributed by atoms with van der Waals surface area (Å²) in [5.41, 5.74) is 0.114. The Hall–Kier alpha value is -1.53. The second kappa shape index (κ2) is 7.57. The molecule has 0 spiro atoms. The van der Waals surface area contributed by atoms with E-state index >= 15 is 0 Å². The number of thiophene rings is 2. The first kappa shape index (κ1) is 17.3. The van der Waals surface area contributed by atoms with Gasteiger partial charge in [-0.25, -0.2) is 0 Å². The van der Waals surface area contributed by atoms with Crippen molar-refractivity contribution < 1.29 is 0 Å². The third-order valence-electron chi connectivity index (χ3n) is 4.49. The van der Waals surface area contributed by atoms with Crippen LogP contribution in [0.5, 0.6) is 0 Å². The van der Waals surface area contributed by atoms with Crippen LogP contribution in [0.1, 0.15) is 18.7 Å². The molecule has 0 aromatic carbocycles. The van der Waals surface area contributed by atoms with Gasteiger partial charge in [0.15, 0.2) is 5.96 Å². The molecule has 4 nitrogen and oxygen atoms in total. The second-order valence-corrected chi connectivity index (χ2v) is 8.56. The van der Waals surface area contributed by atoms with Gasteiger partial charge >= 0.3 is 0 Å². The number of rotatable bonds is 4. The fourth-order valence-electron chi connectivity index (χ4n) is 2.97. The second-order valence-electron chi connectivity index (χ2n) is 6.69. The molecule has 3 heterocycles. The lowest BCUT2D eigenvalue weighted by molar-refractivity contribution is 0.367. The van der Waals surface area contributed by atoms with Crippen molar-refractivity contribution in [2.24, 2.45) is 4.99 Å². The van der Waals surface area contributed by atoms with E-state index in [4.69, 9.17) is 0 Å². The Labute approximate surface area is 152 Å². The summed E-state index contributed by atoms with van der Waals surface area (Å²) in [6.07, 6.45) is 0. The standard InChI is InChI=1S/C18H26N4S2/c1-18(2,15-6-4-12-23-15)14-20-17(19-3)22-10-8-21(9-11-22)16-7-5-13-24-16/h4-7,12-13H,8-11,14H2,1-3H3,(H,19,20). The number of guanidine groups is 1. The summed E-state index contributed by atoms with van der Waals surface area (Å²) < 4.78 is 0. The largest absolute Gasteiger partial charge is 0.360 e. The summed E-state index contributed by atoms with van der Waals surface area (Å²) in [6.45, 7) is 9.59. The molecule has 0 radical (unpaired) electrons. The normalized spacial score (nSPS) is 16.5. The number of hydrogen-bond acceptors (Lipinski definition) is 4. The molecule has 1 N–H and O–H groups in total. The van der Waals surface area contributed by atoms with E-state index in [9.17, 15) is 0 Å². The maximum atomic E-state index is 4.50. The van der Waals surface area contributed by atoms with E-state index in [1.165, 1.54) is 9.88 Å². The SMILES string of the molecule is CN=C(NCC(C)(C)c1cccs1)N1CCN(c2cccs2)CC1. The van der Waals surface area contributed by atoms with Crippen molar-refractivity contribution in [1.82, 2.24) is 10.2 Å². The van der Waals surface area contributed by atoms with E-state index in [2.05, 4.69) is 69.0 Å². The topological polar surface area (TPSA) is 30.9 Å². The van der Waals surface area contributed by atoms with Crippen molar-refractivity contribution in [1.29, 1.82) is 0 Å². The monoisotopic (exact) mass is 362 g/mol. The fraction of sp³-hybridized carbons (Fsp3) is 0.500. The predicted octanol–water partition coefficient (Wildman–Crippen LogP) is 3.48. The number of nitrogens with one attached hydrogen (secondary N) is 1. The Kier molecular flexibility index (Phi) is 5.46. The van der Waals surface area contributed by atoms with Gasteiger partial charge in [0.1, 0.15) is 0 Å². The minimum Gasteiger partial charge on any atom is -0.360 e. The molecule has 1 saturated heterocycles. The maximum Gasteiger partial charge on any atom is 0.193 e. The summed E-state index contributed by atoms with van der Waals surface area (Å²) in [7, 11) is 1.88. The van der Waals surface area contributed by atoms with Crippen LogP contribution in [0.4, 0.5) is 5.00 Å². The highest BCUT2D eigenvalue weighted by Gasteiger charge is 2.25. The van der Waals surface area contributed by atoms with Gasteiger partial charge in [0.05, 0.1) is 5.00 Å². The quantitative estimate of drug-likeness (QED) is 0.667. The Morgan fingerprint density at radius 1 is 1.12 bits per heavy atom. The lowest BCUT2D eigenvalue weighted by Gasteiger charge is -2.37. The molecule has 0 amide bonds. The van der Waals surface area contributed by atoms with E-state index in [0.717, 1.165) is 38.7 Å². The lowest BCUT2D eigenvalue weighted by atomic mass is 9.91. The highest BCUT2D eigenvalue weighted by molar-refractivity contribution is 7.14. The molecule has 0 saturated carbocycles. The van der Waals surface area contributed by atoms with E-state index in [1.54, 1.807) is 0 Å². The first-order valence-electron chi connectivity index (χ1n) is 8.38. The van der Waals surface area contributed by atoms with Crippen molar-refractivity contribution in [3.05, 3.63) is 39.9 Å². The predicted molar refractivity (Wildman–Crippen MR) is 107 cm³/mol. The van der Waals surface area contributed by atoms with Crippen LogP contribution < -0.4 is 10.2 Å². The Morgan fingerprint density at radius 3 is 2.42 bits per heavy atom. The van der Waals surface area contributed by atoms with Crippen LogP contribution in [0.25, 0.3) is 0 Å². The van der Waals surface area contributed by atoms with Crippen LogP contribution >= 0.6 is 22.7 Å². The number of aliphatic imine (C=N–C) groups is 1. The number of hydrogen-bond donors (Lipinski definition) is 1. The first-order valence-corrected chi connectivity index (χ1v) is 10.1. The molecule has 1 aliphatic heterocycles. The average Bonchev–Trinajstić information content (AvgIpc) is 3.30. The summed E-state index contributed by atoms with van der Waals surface area (Å²) in [5.74, 6) is 1.02. The van der Waals surface area contributed by atoms with Crippen LogP contribution in [0.2, 0.25) is 0 Å².